The van der Waals surface area contributed by atoms with Gasteiger partial charge in [0.05, 0.1) is 17.9 Å². The van der Waals surface area contributed by atoms with Crippen molar-refractivity contribution in [2.45, 2.75) is 64.5 Å². The molecule has 0 bridgehead atoms. The van der Waals surface area contributed by atoms with Crippen molar-refractivity contribution in [3.63, 3.8) is 0 Å². The summed E-state index contributed by atoms with van der Waals surface area (Å²) in [6.07, 6.45) is 1.81. The topological polar surface area (TPSA) is 57.6 Å². The highest BCUT2D eigenvalue weighted by atomic mass is 35.5. The molecule has 1 amide bonds. The van der Waals surface area contributed by atoms with E-state index in [1.165, 1.54) is 0 Å². The standard InChI is InChI=1S/C25H29Cl2NO3/c1-4-20(5-2)28-23(16-9-11-18(26)12-10-16)21(17-7-6-8-19(27)13-17)14-25(3,24(28)31)15-22(29)30/h6-13,20-21,23H,4-5,14-15H2,1-3H3,(H,29,30). The minimum atomic E-state index is -0.996. The molecule has 3 atom stereocenters. The van der Waals surface area contributed by atoms with Crippen LogP contribution >= 0.6 is 23.2 Å². The number of rotatable bonds is 7. The molecule has 166 valence electrons. The van der Waals surface area contributed by atoms with E-state index in [9.17, 15) is 14.7 Å². The molecule has 3 unspecified atom stereocenters. The first kappa shape index (κ1) is 23.6. The van der Waals surface area contributed by atoms with Gasteiger partial charge < -0.3 is 10.0 Å². The van der Waals surface area contributed by atoms with Crippen LogP contribution in [-0.4, -0.2) is 27.9 Å². The second-order valence-electron chi connectivity index (χ2n) is 8.68. The van der Waals surface area contributed by atoms with Gasteiger partial charge >= 0.3 is 5.97 Å². The SMILES string of the molecule is CCC(CC)N1C(=O)C(C)(CC(=O)O)CC(c2cccc(Cl)c2)C1c1ccc(Cl)cc1. The maximum atomic E-state index is 13.8. The number of amides is 1. The highest BCUT2D eigenvalue weighted by Crippen LogP contribution is 2.52. The molecule has 31 heavy (non-hydrogen) atoms. The van der Waals surface area contributed by atoms with Gasteiger partial charge in [-0.2, -0.15) is 0 Å². The quantitative estimate of drug-likeness (QED) is 0.497. The Bertz CT molecular complexity index is 942. The van der Waals surface area contributed by atoms with E-state index in [0.717, 1.165) is 24.0 Å². The van der Waals surface area contributed by atoms with Gasteiger partial charge in [-0.05, 0) is 54.7 Å². The van der Waals surface area contributed by atoms with Gasteiger partial charge in [-0.25, -0.2) is 0 Å². The second kappa shape index (κ2) is 9.62. The summed E-state index contributed by atoms with van der Waals surface area (Å²) < 4.78 is 0. The van der Waals surface area contributed by atoms with Crippen LogP contribution in [0.25, 0.3) is 0 Å². The number of piperidine rings is 1. The molecule has 6 heteroatoms. The van der Waals surface area contributed by atoms with Crippen molar-refractivity contribution < 1.29 is 14.7 Å². The summed E-state index contributed by atoms with van der Waals surface area (Å²) in [5, 5.41) is 10.9. The van der Waals surface area contributed by atoms with E-state index >= 15 is 0 Å². The molecule has 2 aromatic rings. The Kier molecular flexibility index (Phi) is 7.33. The smallest absolute Gasteiger partial charge is 0.304 e. The maximum absolute atomic E-state index is 13.8. The Morgan fingerprint density at radius 1 is 1.10 bits per heavy atom. The molecule has 1 aliphatic heterocycles. The zero-order valence-corrected chi connectivity index (χ0v) is 19.7. The van der Waals surface area contributed by atoms with Crippen LogP contribution in [0.15, 0.2) is 48.5 Å². The Morgan fingerprint density at radius 2 is 1.74 bits per heavy atom. The van der Waals surface area contributed by atoms with Gasteiger partial charge in [0.25, 0.3) is 0 Å². The number of carboxylic acids is 1. The van der Waals surface area contributed by atoms with Crippen molar-refractivity contribution in [2.75, 3.05) is 0 Å². The third kappa shape index (κ3) is 4.91. The molecule has 0 spiro atoms. The first-order valence-electron chi connectivity index (χ1n) is 10.8. The lowest BCUT2D eigenvalue weighted by atomic mass is 9.67. The highest BCUT2D eigenvalue weighted by molar-refractivity contribution is 6.30. The van der Waals surface area contributed by atoms with E-state index in [4.69, 9.17) is 23.2 Å². The Labute approximate surface area is 194 Å². The van der Waals surface area contributed by atoms with Crippen LogP contribution < -0.4 is 0 Å². The van der Waals surface area contributed by atoms with Gasteiger partial charge in [-0.3, -0.25) is 9.59 Å². The van der Waals surface area contributed by atoms with Gasteiger partial charge in [0.15, 0.2) is 0 Å². The van der Waals surface area contributed by atoms with Gasteiger partial charge in [0, 0.05) is 22.0 Å². The van der Waals surface area contributed by atoms with E-state index in [1.807, 2.05) is 53.4 Å². The molecule has 1 saturated heterocycles. The van der Waals surface area contributed by atoms with Crippen molar-refractivity contribution in [1.82, 2.24) is 4.90 Å². The summed E-state index contributed by atoms with van der Waals surface area (Å²) in [6, 6.07) is 15.1. The zero-order valence-electron chi connectivity index (χ0n) is 18.1. The Morgan fingerprint density at radius 3 is 2.29 bits per heavy atom. The molecular weight excluding hydrogens is 433 g/mol. The number of hydrogen-bond donors (Lipinski definition) is 1. The van der Waals surface area contributed by atoms with Gasteiger partial charge in [-0.1, -0.05) is 68.2 Å². The molecule has 1 fully saturated rings. The first-order chi connectivity index (χ1) is 14.7. The lowest BCUT2D eigenvalue weighted by Gasteiger charge is -2.51. The van der Waals surface area contributed by atoms with E-state index in [1.54, 1.807) is 6.92 Å². The summed E-state index contributed by atoms with van der Waals surface area (Å²) in [7, 11) is 0. The second-order valence-corrected chi connectivity index (χ2v) is 9.55. The molecular formula is C25H29Cl2NO3. The van der Waals surface area contributed by atoms with Gasteiger partial charge in [-0.15, -0.1) is 0 Å². The van der Waals surface area contributed by atoms with Crippen LogP contribution in [0.2, 0.25) is 10.0 Å². The number of nitrogens with zero attached hydrogens (tertiary/aromatic N) is 1. The summed E-state index contributed by atoms with van der Waals surface area (Å²) in [5.74, 6) is -1.15. The maximum Gasteiger partial charge on any atom is 0.304 e. The monoisotopic (exact) mass is 461 g/mol. The van der Waals surface area contributed by atoms with Crippen LogP contribution in [0.1, 0.15) is 69.5 Å². The van der Waals surface area contributed by atoms with Gasteiger partial charge in [0.2, 0.25) is 5.91 Å². The van der Waals surface area contributed by atoms with Crippen LogP contribution in [0.3, 0.4) is 0 Å². The highest BCUT2D eigenvalue weighted by Gasteiger charge is 2.51. The molecule has 0 aliphatic carbocycles. The summed E-state index contributed by atoms with van der Waals surface area (Å²) in [6.45, 7) is 5.92. The van der Waals surface area contributed by atoms with E-state index < -0.39 is 11.4 Å². The third-order valence-electron chi connectivity index (χ3n) is 6.47. The lowest BCUT2D eigenvalue weighted by Crippen LogP contribution is -2.55. The fourth-order valence-corrected chi connectivity index (χ4v) is 5.29. The number of likely N-dealkylation sites (tertiary alicyclic amines) is 1. The van der Waals surface area contributed by atoms with E-state index in [0.29, 0.717) is 16.5 Å². The van der Waals surface area contributed by atoms with Crippen LogP contribution in [0.4, 0.5) is 0 Å². The number of hydrogen-bond acceptors (Lipinski definition) is 2. The molecule has 4 nitrogen and oxygen atoms in total. The van der Waals surface area contributed by atoms with E-state index in [-0.39, 0.29) is 30.3 Å². The predicted octanol–water partition coefficient (Wildman–Crippen LogP) is 6.72. The van der Waals surface area contributed by atoms with Crippen molar-refractivity contribution in [2.24, 2.45) is 5.41 Å². The molecule has 0 aromatic heterocycles. The third-order valence-corrected chi connectivity index (χ3v) is 6.95. The molecule has 1 aliphatic rings. The number of halogens is 2. The Hall–Kier alpha value is -2.04. The zero-order chi connectivity index (χ0) is 22.8. The van der Waals surface area contributed by atoms with E-state index in [2.05, 4.69) is 13.8 Å². The number of carbonyl (C=O) groups is 2. The number of carbonyl (C=O) groups excluding carboxylic acids is 1. The summed E-state index contributed by atoms with van der Waals surface area (Å²) >= 11 is 12.5. The summed E-state index contributed by atoms with van der Waals surface area (Å²) in [5.41, 5.74) is 1.00. The molecule has 1 heterocycles. The van der Waals surface area contributed by atoms with Crippen molar-refractivity contribution >= 4 is 35.1 Å². The molecule has 3 rings (SSSR count). The normalized spacial score (nSPS) is 23.9. The first-order valence-corrected chi connectivity index (χ1v) is 11.5. The van der Waals surface area contributed by atoms with Crippen molar-refractivity contribution in [1.29, 1.82) is 0 Å². The Balaban J connectivity index is 2.22. The molecule has 2 aromatic carbocycles. The van der Waals surface area contributed by atoms with Crippen molar-refractivity contribution in [3.05, 3.63) is 69.7 Å². The fraction of sp³-hybridized carbons (Fsp3) is 0.440. The van der Waals surface area contributed by atoms with Gasteiger partial charge in [0.1, 0.15) is 0 Å². The molecule has 1 N–H and O–H groups in total. The van der Waals surface area contributed by atoms with Crippen molar-refractivity contribution in [3.8, 4) is 0 Å². The van der Waals surface area contributed by atoms with Crippen LogP contribution in [0, 0.1) is 5.41 Å². The minimum Gasteiger partial charge on any atom is -0.481 e. The molecule has 0 saturated carbocycles. The number of benzene rings is 2. The number of carboxylic acid groups (broad SMARTS) is 1. The van der Waals surface area contributed by atoms with Crippen LogP contribution in [-0.2, 0) is 9.59 Å². The summed E-state index contributed by atoms with van der Waals surface area (Å²) in [4.78, 5) is 27.5. The average Bonchev–Trinajstić information content (AvgIpc) is 2.72. The largest absolute Gasteiger partial charge is 0.481 e. The van der Waals surface area contributed by atoms with Crippen LogP contribution in [0.5, 0.6) is 0 Å². The number of aliphatic carboxylic acids is 1. The fourth-order valence-electron chi connectivity index (χ4n) is 4.96. The lowest BCUT2D eigenvalue weighted by molar-refractivity contribution is -0.160. The predicted molar refractivity (Wildman–Crippen MR) is 125 cm³/mol. The molecule has 0 radical (unpaired) electrons. The average molecular weight is 462 g/mol. The minimum absolute atomic E-state index is 0.00304.